The molecule has 19 heavy (non-hydrogen) atoms. The predicted octanol–water partition coefficient (Wildman–Crippen LogP) is 3.87. The second-order valence-corrected chi connectivity index (χ2v) is 5.41. The number of nitrogen functional groups attached to an aromatic ring is 1. The third-order valence-electron chi connectivity index (χ3n) is 2.53. The number of hydrogen-bond acceptors (Lipinski definition) is 2. The Hall–Kier alpha value is -1.52. The molecule has 2 aromatic carbocycles. The van der Waals surface area contributed by atoms with Crippen molar-refractivity contribution >= 4 is 44.8 Å². The van der Waals surface area contributed by atoms with E-state index in [4.69, 9.17) is 17.3 Å². The van der Waals surface area contributed by atoms with Crippen molar-refractivity contribution in [3.63, 3.8) is 0 Å². The molecule has 0 fully saturated rings. The van der Waals surface area contributed by atoms with Crippen molar-refractivity contribution in [3.8, 4) is 0 Å². The molecule has 0 heterocycles. The Morgan fingerprint density at radius 3 is 2.74 bits per heavy atom. The van der Waals surface area contributed by atoms with Crippen LogP contribution in [0.5, 0.6) is 0 Å². The van der Waals surface area contributed by atoms with Gasteiger partial charge in [-0.15, -0.1) is 0 Å². The molecule has 0 aliphatic rings. The van der Waals surface area contributed by atoms with Gasteiger partial charge < -0.3 is 11.1 Å². The van der Waals surface area contributed by atoms with E-state index in [1.807, 2.05) is 24.3 Å². The van der Waals surface area contributed by atoms with E-state index in [9.17, 15) is 4.79 Å². The molecule has 3 nitrogen and oxygen atoms in total. The lowest BCUT2D eigenvalue weighted by molar-refractivity contribution is -0.115. The van der Waals surface area contributed by atoms with Crippen molar-refractivity contribution in [1.29, 1.82) is 0 Å². The van der Waals surface area contributed by atoms with Gasteiger partial charge in [-0.05, 0) is 35.9 Å². The Kier molecular flexibility index (Phi) is 4.45. The molecular weight excluding hydrogens is 328 g/mol. The molecule has 0 saturated carbocycles. The minimum atomic E-state index is -0.0974. The van der Waals surface area contributed by atoms with Crippen LogP contribution < -0.4 is 11.1 Å². The molecule has 2 aromatic rings. The van der Waals surface area contributed by atoms with Crippen molar-refractivity contribution in [2.45, 2.75) is 6.42 Å². The van der Waals surface area contributed by atoms with Gasteiger partial charge in [0, 0.05) is 10.2 Å². The maximum atomic E-state index is 11.9. The van der Waals surface area contributed by atoms with Crippen LogP contribution in [-0.2, 0) is 11.2 Å². The average molecular weight is 340 g/mol. The van der Waals surface area contributed by atoms with Gasteiger partial charge in [-0.3, -0.25) is 4.79 Å². The van der Waals surface area contributed by atoms with Crippen LogP contribution in [0.4, 0.5) is 11.4 Å². The highest BCUT2D eigenvalue weighted by Gasteiger charge is 2.05. The highest BCUT2D eigenvalue weighted by Crippen LogP contribution is 2.22. The Balaban J connectivity index is 2.03. The van der Waals surface area contributed by atoms with E-state index >= 15 is 0 Å². The third kappa shape index (κ3) is 3.98. The molecule has 98 valence electrons. The molecule has 0 aliphatic carbocycles. The van der Waals surface area contributed by atoms with Crippen molar-refractivity contribution in [2.24, 2.45) is 0 Å². The summed E-state index contributed by atoms with van der Waals surface area (Å²) in [6, 6.07) is 12.6. The number of rotatable bonds is 3. The zero-order valence-corrected chi connectivity index (χ0v) is 12.3. The zero-order chi connectivity index (χ0) is 13.8. The van der Waals surface area contributed by atoms with E-state index in [1.165, 1.54) is 0 Å². The topological polar surface area (TPSA) is 55.1 Å². The molecule has 0 aliphatic heterocycles. The molecule has 0 radical (unpaired) electrons. The lowest BCUT2D eigenvalue weighted by atomic mass is 10.1. The van der Waals surface area contributed by atoms with Crippen molar-refractivity contribution in [2.75, 3.05) is 11.1 Å². The van der Waals surface area contributed by atoms with Gasteiger partial charge in [0.25, 0.3) is 0 Å². The number of nitrogens with two attached hydrogens (primary N) is 1. The van der Waals surface area contributed by atoms with Gasteiger partial charge in [-0.25, -0.2) is 0 Å². The van der Waals surface area contributed by atoms with E-state index in [2.05, 4.69) is 21.2 Å². The molecule has 0 bridgehead atoms. The largest absolute Gasteiger partial charge is 0.397 e. The summed E-state index contributed by atoms with van der Waals surface area (Å²) >= 11 is 9.19. The summed E-state index contributed by atoms with van der Waals surface area (Å²) in [6.45, 7) is 0. The van der Waals surface area contributed by atoms with Crippen LogP contribution in [0, 0.1) is 0 Å². The predicted molar refractivity (Wildman–Crippen MR) is 82.3 cm³/mol. The normalized spacial score (nSPS) is 10.2. The Bertz CT molecular complexity index is 616. The number of carbonyl (C=O) groups excluding carboxylic acids is 1. The first-order valence-corrected chi connectivity index (χ1v) is 6.81. The fourth-order valence-corrected chi connectivity index (χ4v) is 2.22. The van der Waals surface area contributed by atoms with E-state index in [0.29, 0.717) is 22.8 Å². The van der Waals surface area contributed by atoms with Crippen molar-refractivity contribution in [3.05, 3.63) is 57.5 Å². The number of nitrogens with one attached hydrogen (secondary N) is 1. The second kappa shape index (κ2) is 6.08. The zero-order valence-electron chi connectivity index (χ0n) is 9.99. The van der Waals surface area contributed by atoms with Gasteiger partial charge in [0.2, 0.25) is 5.91 Å². The number of halogens is 2. The first kappa shape index (κ1) is 13.9. The number of carbonyl (C=O) groups is 1. The van der Waals surface area contributed by atoms with E-state index in [-0.39, 0.29) is 5.91 Å². The second-order valence-electron chi connectivity index (χ2n) is 4.09. The molecule has 1 amide bonds. The first-order valence-electron chi connectivity index (χ1n) is 5.64. The molecule has 0 unspecified atom stereocenters. The molecule has 0 spiro atoms. The van der Waals surface area contributed by atoms with E-state index < -0.39 is 0 Å². The monoisotopic (exact) mass is 338 g/mol. The quantitative estimate of drug-likeness (QED) is 0.834. The highest BCUT2D eigenvalue weighted by molar-refractivity contribution is 9.10. The minimum absolute atomic E-state index is 0.0974. The Labute approximate surface area is 124 Å². The number of hydrogen-bond donors (Lipinski definition) is 2. The van der Waals surface area contributed by atoms with Gasteiger partial charge in [0.05, 0.1) is 17.1 Å². The van der Waals surface area contributed by atoms with Gasteiger partial charge in [0.15, 0.2) is 0 Å². The summed E-state index contributed by atoms with van der Waals surface area (Å²) in [5.74, 6) is -0.0974. The molecule has 0 saturated heterocycles. The van der Waals surface area contributed by atoms with Crippen LogP contribution >= 0.6 is 27.5 Å². The summed E-state index contributed by atoms with van der Waals surface area (Å²) in [7, 11) is 0. The lowest BCUT2D eigenvalue weighted by Crippen LogP contribution is -2.14. The summed E-state index contributed by atoms with van der Waals surface area (Å²) in [5.41, 5.74) is 7.70. The van der Waals surface area contributed by atoms with Crippen molar-refractivity contribution < 1.29 is 4.79 Å². The summed E-state index contributed by atoms with van der Waals surface area (Å²) in [6.07, 6.45) is 0.308. The standard InChI is InChI=1S/C14H12BrClN2O/c15-10-3-1-2-9(6-10)7-14(19)18-11-4-5-12(16)13(17)8-11/h1-6,8H,7,17H2,(H,18,19). The average Bonchev–Trinajstić information content (AvgIpc) is 2.34. The van der Waals surface area contributed by atoms with Gasteiger partial charge in [0.1, 0.15) is 0 Å². The fourth-order valence-electron chi connectivity index (χ4n) is 1.66. The highest BCUT2D eigenvalue weighted by atomic mass is 79.9. The number of amides is 1. The molecule has 0 aromatic heterocycles. The molecule has 3 N–H and O–H groups in total. The molecule has 5 heteroatoms. The molecule has 0 atom stereocenters. The van der Waals surface area contributed by atoms with Crippen LogP contribution in [0.3, 0.4) is 0 Å². The van der Waals surface area contributed by atoms with Gasteiger partial charge >= 0.3 is 0 Å². The van der Waals surface area contributed by atoms with Crippen LogP contribution in [0.15, 0.2) is 46.9 Å². The maximum absolute atomic E-state index is 11.9. The lowest BCUT2D eigenvalue weighted by Gasteiger charge is -2.07. The molecule has 2 rings (SSSR count). The van der Waals surface area contributed by atoms with Crippen LogP contribution in [0.1, 0.15) is 5.56 Å². The van der Waals surface area contributed by atoms with Crippen molar-refractivity contribution in [1.82, 2.24) is 0 Å². The SMILES string of the molecule is Nc1cc(NC(=O)Cc2cccc(Br)c2)ccc1Cl. The first-order chi connectivity index (χ1) is 9.04. The summed E-state index contributed by atoms with van der Waals surface area (Å²) < 4.78 is 0.952. The summed E-state index contributed by atoms with van der Waals surface area (Å²) in [4.78, 5) is 11.9. The van der Waals surface area contributed by atoms with Crippen LogP contribution in [-0.4, -0.2) is 5.91 Å². The maximum Gasteiger partial charge on any atom is 0.228 e. The smallest absolute Gasteiger partial charge is 0.228 e. The number of anilines is 2. The minimum Gasteiger partial charge on any atom is -0.397 e. The van der Waals surface area contributed by atoms with Crippen LogP contribution in [0.25, 0.3) is 0 Å². The van der Waals surface area contributed by atoms with E-state index in [1.54, 1.807) is 18.2 Å². The number of benzene rings is 2. The molecular formula is C14H12BrClN2O. The Morgan fingerprint density at radius 2 is 2.05 bits per heavy atom. The fraction of sp³-hybridized carbons (Fsp3) is 0.0714. The Morgan fingerprint density at radius 1 is 1.26 bits per heavy atom. The van der Waals surface area contributed by atoms with E-state index in [0.717, 1.165) is 10.0 Å². The van der Waals surface area contributed by atoms with Gasteiger partial charge in [-0.2, -0.15) is 0 Å². The van der Waals surface area contributed by atoms with Crippen LogP contribution in [0.2, 0.25) is 5.02 Å². The van der Waals surface area contributed by atoms with Gasteiger partial charge in [-0.1, -0.05) is 39.7 Å². The summed E-state index contributed by atoms with van der Waals surface area (Å²) in [5, 5.41) is 3.26. The third-order valence-corrected chi connectivity index (χ3v) is 3.37.